The van der Waals surface area contributed by atoms with Crippen molar-refractivity contribution in [2.24, 2.45) is 0 Å². The van der Waals surface area contributed by atoms with Crippen molar-refractivity contribution in [2.45, 2.75) is 6.54 Å². The molecule has 1 N–H and O–H groups in total. The van der Waals surface area contributed by atoms with Crippen molar-refractivity contribution in [3.05, 3.63) is 54.4 Å². The summed E-state index contributed by atoms with van der Waals surface area (Å²) in [7, 11) is 0. The van der Waals surface area contributed by atoms with Crippen LogP contribution in [-0.2, 0) is 6.54 Å². The monoisotopic (exact) mass is 329 g/mol. The summed E-state index contributed by atoms with van der Waals surface area (Å²) in [5.41, 5.74) is 5.32. The van der Waals surface area contributed by atoms with Gasteiger partial charge in [-0.2, -0.15) is 0 Å². The van der Waals surface area contributed by atoms with Crippen LogP contribution in [0.4, 0.5) is 5.69 Å². The van der Waals surface area contributed by atoms with Gasteiger partial charge in [-0.15, -0.1) is 0 Å². The number of hydrogen-bond acceptors (Lipinski definition) is 4. The third-order valence-corrected chi connectivity index (χ3v) is 4.40. The maximum absolute atomic E-state index is 4.47. The fourth-order valence-electron chi connectivity index (χ4n) is 2.26. The fraction of sp³-hybridized carbons (Fsp3) is 0.0714. The standard InChI is InChI=1S/C14H11N5Se/c1-2-7-19-13(6-1)10(9-16-19)8-15-11-4-3-5-12-14(11)18-20-17-12/h1-7,9,15H,8H2. The number of nitrogens with one attached hydrogen (secondary N) is 1. The van der Waals surface area contributed by atoms with Crippen LogP contribution in [-0.4, -0.2) is 32.5 Å². The second-order valence-corrected chi connectivity index (χ2v) is 5.60. The third-order valence-electron chi connectivity index (χ3n) is 3.26. The van der Waals surface area contributed by atoms with Crippen molar-refractivity contribution in [1.29, 1.82) is 0 Å². The number of pyridine rings is 1. The van der Waals surface area contributed by atoms with Gasteiger partial charge in [-0.05, 0) is 0 Å². The van der Waals surface area contributed by atoms with E-state index in [1.165, 1.54) is 5.56 Å². The minimum absolute atomic E-state index is 0.00449. The van der Waals surface area contributed by atoms with Crippen molar-refractivity contribution in [2.75, 3.05) is 5.32 Å². The molecule has 20 heavy (non-hydrogen) atoms. The molecule has 0 amide bonds. The molecule has 0 radical (unpaired) electrons. The van der Waals surface area contributed by atoms with E-state index in [1.807, 2.05) is 47.2 Å². The van der Waals surface area contributed by atoms with Crippen LogP contribution >= 0.6 is 0 Å². The molecule has 0 atom stereocenters. The molecule has 0 aliphatic carbocycles. The summed E-state index contributed by atoms with van der Waals surface area (Å²) >= 11 is 0.00449. The Morgan fingerprint density at radius 2 is 2.10 bits per heavy atom. The van der Waals surface area contributed by atoms with Gasteiger partial charge in [-0.25, -0.2) is 0 Å². The van der Waals surface area contributed by atoms with Gasteiger partial charge >= 0.3 is 121 Å². The van der Waals surface area contributed by atoms with Crippen LogP contribution in [0, 0.1) is 0 Å². The number of benzene rings is 1. The van der Waals surface area contributed by atoms with Gasteiger partial charge in [-0.1, -0.05) is 0 Å². The molecule has 0 aliphatic rings. The van der Waals surface area contributed by atoms with Crippen LogP contribution in [0.1, 0.15) is 5.56 Å². The molecule has 0 bridgehead atoms. The van der Waals surface area contributed by atoms with Gasteiger partial charge in [0.15, 0.2) is 0 Å². The first-order valence-electron chi connectivity index (χ1n) is 6.28. The van der Waals surface area contributed by atoms with Crippen molar-refractivity contribution in [3.8, 4) is 0 Å². The molecule has 1 aromatic carbocycles. The quantitative estimate of drug-likeness (QED) is 0.584. The van der Waals surface area contributed by atoms with E-state index in [0.717, 1.165) is 28.8 Å². The summed E-state index contributed by atoms with van der Waals surface area (Å²) < 4.78 is 10.8. The molecular formula is C14H11N5Se. The SMILES string of the molecule is c1cc(NCc2cnn3ccccc23)c2n[se]nc2c1. The van der Waals surface area contributed by atoms with Crippen LogP contribution in [0.2, 0.25) is 0 Å². The first-order valence-corrected chi connectivity index (χ1v) is 7.81. The number of anilines is 1. The van der Waals surface area contributed by atoms with E-state index in [-0.39, 0.29) is 15.0 Å². The summed E-state index contributed by atoms with van der Waals surface area (Å²) in [6, 6.07) is 12.1. The molecule has 0 aliphatic heterocycles. The number of aromatic nitrogens is 4. The first-order chi connectivity index (χ1) is 9.92. The molecule has 98 valence electrons. The molecule has 3 heterocycles. The predicted molar refractivity (Wildman–Crippen MR) is 79.0 cm³/mol. The topological polar surface area (TPSA) is 55.1 Å². The van der Waals surface area contributed by atoms with Crippen molar-refractivity contribution in [3.63, 3.8) is 0 Å². The van der Waals surface area contributed by atoms with Crippen molar-refractivity contribution in [1.82, 2.24) is 17.6 Å². The van der Waals surface area contributed by atoms with E-state index in [2.05, 4.69) is 24.4 Å². The summed E-state index contributed by atoms with van der Waals surface area (Å²) in [4.78, 5) is 0. The van der Waals surface area contributed by atoms with Crippen molar-refractivity contribution >= 4 is 37.2 Å². The molecule has 0 saturated carbocycles. The minimum atomic E-state index is 0.00449. The average Bonchev–Trinajstić information content (AvgIpc) is 3.12. The molecular weight excluding hydrogens is 317 g/mol. The zero-order valence-corrected chi connectivity index (χ0v) is 12.2. The second-order valence-electron chi connectivity index (χ2n) is 4.49. The summed E-state index contributed by atoms with van der Waals surface area (Å²) in [6.07, 6.45) is 3.85. The van der Waals surface area contributed by atoms with E-state index >= 15 is 0 Å². The summed E-state index contributed by atoms with van der Waals surface area (Å²) in [6.45, 7) is 0.729. The zero-order chi connectivity index (χ0) is 13.4. The zero-order valence-electron chi connectivity index (χ0n) is 10.5. The number of rotatable bonds is 3. The third kappa shape index (κ3) is 1.90. The van der Waals surface area contributed by atoms with E-state index in [0.29, 0.717) is 0 Å². The van der Waals surface area contributed by atoms with Crippen molar-refractivity contribution < 1.29 is 0 Å². The maximum atomic E-state index is 4.47. The molecule has 4 rings (SSSR count). The fourth-order valence-corrected chi connectivity index (χ4v) is 3.42. The van der Waals surface area contributed by atoms with Gasteiger partial charge < -0.3 is 0 Å². The van der Waals surface area contributed by atoms with E-state index in [4.69, 9.17) is 0 Å². The Balaban J connectivity index is 1.66. The Morgan fingerprint density at radius 1 is 1.10 bits per heavy atom. The average molecular weight is 328 g/mol. The van der Waals surface area contributed by atoms with E-state index < -0.39 is 0 Å². The van der Waals surface area contributed by atoms with Gasteiger partial charge in [-0.3, -0.25) is 0 Å². The molecule has 5 nitrogen and oxygen atoms in total. The van der Waals surface area contributed by atoms with Gasteiger partial charge in [0.2, 0.25) is 0 Å². The van der Waals surface area contributed by atoms with E-state index in [9.17, 15) is 0 Å². The van der Waals surface area contributed by atoms with Crippen LogP contribution in [0.3, 0.4) is 0 Å². The van der Waals surface area contributed by atoms with Crippen LogP contribution < -0.4 is 5.32 Å². The Kier molecular flexibility index (Phi) is 2.76. The molecule has 3 aromatic heterocycles. The summed E-state index contributed by atoms with van der Waals surface area (Å²) in [5, 5.41) is 7.78. The second kappa shape index (κ2) is 4.74. The Morgan fingerprint density at radius 3 is 3.10 bits per heavy atom. The Bertz CT molecular complexity index is 879. The molecule has 0 saturated heterocycles. The first kappa shape index (κ1) is 11.6. The Labute approximate surface area is 121 Å². The Hall–Kier alpha value is -2.17. The molecule has 0 fully saturated rings. The molecule has 6 heteroatoms. The predicted octanol–water partition coefficient (Wildman–Crippen LogP) is 1.95. The molecule has 0 spiro atoms. The number of nitrogens with zero attached hydrogens (tertiary/aromatic N) is 4. The van der Waals surface area contributed by atoms with Gasteiger partial charge in [0.25, 0.3) is 0 Å². The van der Waals surface area contributed by atoms with Gasteiger partial charge in [0.1, 0.15) is 0 Å². The number of fused-ring (bicyclic) bond motifs is 2. The van der Waals surface area contributed by atoms with Crippen LogP contribution in [0.5, 0.6) is 0 Å². The van der Waals surface area contributed by atoms with Crippen LogP contribution in [0.15, 0.2) is 48.8 Å². The number of hydrogen-bond donors (Lipinski definition) is 1. The van der Waals surface area contributed by atoms with Gasteiger partial charge in [0, 0.05) is 0 Å². The molecule has 0 unspecified atom stereocenters. The van der Waals surface area contributed by atoms with E-state index in [1.54, 1.807) is 0 Å². The normalized spacial score (nSPS) is 11.2. The molecule has 4 aromatic rings. The van der Waals surface area contributed by atoms with Crippen LogP contribution in [0.25, 0.3) is 16.6 Å². The van der Waals surface area contributed by atoms with Gasteiger partial charge in [0.05, 0.1) is 0 Å². The summed E-state index contributed by atoms with van der Waals surface area (Å²) in [5.74, 6) is 0.